The highest BCUT2D eigenvalue weighted by Gasteiger charge is 2.28. The third-order valence-electron chi connectivity index (χ3n) is 2.58. The van der Waals surface area contributed by atoms with Crippen molar-refractivity contribution < 1.29 is 18.3 Å². The van der Waals surface area contributed by atoms with Crippen molar-refractivity contribution in [2.24, 2.45) is 5.92 Å². The molecule has 0 aromatic heterocycles. The molecule has 0 aliphatic carbocycles. The molecule has 20 heavy (non-hydrogen) atoms. The normalized spacial score (nSPS) is 12.9. The van der Waals surface area contributed by atoms with Gasteiger partial charge in [0.05, 0.1) is 15.5 Å². The second-order valence-electron chi connectivity index (χ2n) is 4.43. The van der Waals surface area contributed by atoms with E-state index in [-0.39, 0.29) is 15.5 Å². The first-order chi connectivity index (χ1) is 9.19. The van der Waals surface area contributed by atoms with E-state index < -0.39 is 28.0 Å². The molecule has 1 atom stereocenters. The fraction of sp³-hybridized carbons (Fsp3) is 0.333. The molecule has 0 aliphatic heterocycles. The second kappa shape index (κ2) is 6.22. The van der Waals surface area contributed by atoms with Gasteiger partial charge in [0.15, 0.2) is 0 Å². The van der Waals surface area contributed by atoms with Crippen LogP contribution < -0.4 is 4.72 Å². The topological polar surface area (TPSA) is 107 Å². The summed E-state index contributed by atoms with van der Waals surface area (Å²) < 4.78 is 26.3. The zero-order valence-electron chi connectivity index (χ0n) is 10.8. The molecular formula is C12H13ClN2O4S. The Labute approximate surface area is 122 Å². The number of hydrogen-bond donors (Lipinski definition) is 2. The van der Waals surface area contributed by atoms with E-state index in [1.807, 2.05) is 0 Å². The maximum Gasteiger partial charge on any atom is 0.322 e. The molecule has 2 N–H and O–H groups in total. The van der Waals surface area contributed by atoms with E-state index in [4.69, 9.17) is 22.0 Å². The minimum absolute atomic E-state index is 0.00552. The first kappa shape index (κ1) is 16.4. The largest absolute Gasteiger partial charge is 0.480 e. The Morgan fingerprint density at radius 3 is 2.50 bits per heavy atom. The fourth-order valence-corrected chi connectivity index (χ4v) is 2.99. The van der Waals surface area contributed by atoms with Gasteiger partial charge in [-0.25, -0.2) is 8.42 Å². The molecule has 0 heterocycles. The minimum Gasteiger partial charge on any atom is -0.480 e. The number of carboxylic acids is 1. The summed E-state index contributed by atoms with van der Waals surface area (Å²) in [6, 6.07) is 4.11. The Morgan fingerprint density at radius 1 is 1.45 bits per heavy atom. The Bertz CT molecular complexity index is 665. The van der Waals surface area contributed by atoms with Crippen LogP contribution in [0.3, 0.4) is 0 Å². The van der Waals surface area contributed by atoms with Gasteiger partial charge in [0.1, 0.15) is 12.1 Å². The highest BCUT2D eigenvalue weighted by atomic mass is 35.5. The van der Waals surface area contributed by atoms with Crippen LogP contribution in [0.4, 0.5) is 0 Å². The highest BCUT2D eigenvalue weighted by Crippen LogP contribution is 2.20. The van der Waals surface area contributed by atoms with Crippen LogP contribution in [-0.2, 0) is 14.8 Å². The van der Waals surface area contributed by atoms with E-state index in [2.05, 4.69) is 4.72 Å². The van der Waals surface area contributed by atoms with Gasteiger partial charge in [0.25, 0.3) is 0 Å². The standard InChI is InChI=1S/C12H13ClN2O4S/c1-7(2)11(12(16)17)15-20(18,19)9-3-4-10(13)8(5-9)6-14/h3-5,7,11,15H,1-2H3,(H,16,17)/t11-/m1/s1. The molecule has 108 valence electrons. The first-order valence-corrected chi connectivity index (χ1v) is 7.50. The lowest BCUT2D eigenvalue weighted by Crippen LogP contribution is -2.44. The number of halogens is 1. The van der Waals surface area contributed by atoms with Gasteiger partial charge >= 0.3 is 5.97 Å². The molecule has 0 fully saturated rings. The van der Waals surface area contributed by atoms with Crippen LogP contribution in [0.2, 0.25) is 5.02 Å². The third-order valence-corrected chi connectivity index (χ3v) is 4.35. The smallest absolute Gasteiger partial charge is 0.322 e. The number of rotatable bonds is 5. The van der Waals surface area contributed by atoms with Gasteiger partial charge in [-0.15, -0.1) is 0 Å². The molecule has 0 spiro atoms. The van der Waals surface area contributed by atoms with Gasteiger partial charge in [-0.1, -0.05) is 25.4 Å². The highest BCUT2D eigenvalue weighted by molar-refractivity contribution is 7.89. The average molecular weight is 317 g/mol. The van der Waals surface area contributed by atoms with Crippen LogP contribution in [0.1, 0.15) is 19.4 Å². The first-order valence-electron chi connectivity index (χ1n) is 5.64. The van der Waals surface area contributed by atoms with E-state index in [1.54, 1.807) is 19.9 Å². The number of carboxylic acid groups (broad SMARTS) is 1. The number of sulfonamides is 1. The fourth-order valence-electron chi connectivity index (χ4n) is 1.46. The third kappa shape index (κ3) is 3.70. The molecule has 0 unspecified atom stereocenters. The number of aliphatic carboxylic acids is 1. The molecule has 0 amide bonds. The molecule has 1 aromatic rings. The maximum absolute atomic E-state index is 12.1. The molecule has 0 saturated carbocycles. The summed E-state index contributed by atoms with van der Waals surface area (Å²) in [4.78, 5) is 10.8. The summed E-state index contributed by atoms with van der Waals surface area (Å²) in [6.45, 7) is 3.17. The van der Waals surface area contributed by atoms with Crippen molar-refractivity contribution in [3.8, 4) is 6.07 Å². The van der Waals surface area contributed by atoms with Gasteiger partial charge in [-0.2, -0.15) is 9.98 Å². The van der Waals surface area contributed by atoms with Crippen LogP contribution in [0.5, 0.6) is 0 Å². The molecular weight excluding hydrogens is 304 g/mol. The number of carbonyl (C=O) groups is 1. The Morgan fingerprint density at radius 2 is 2.05 bits per heavy atom. The SMILES string of the molecule is CC(C)[C@@H](NS(=O)(=O)c1ccc(Cl)c(C#N)c1)C(=O)O. The summed E-state index contributed by atoms with van der Waals surface area (Å²) >= 11 is 5.72. The minimum atomic E-state index is -4.04. The van der Waals surface area contributed by atoms with Crippen molar-refractivity contribution in [2.75, 3.05) is 0 Å². The van der Waals surface area contributed by atoms with E-state index in [1.165, 1.54) is 12.1 Å². The molecule has 0 radical (unpaired) electrons. The molecule has 1 rings (SSSR count). The molecule has 0 aliphatic rings. The van der Waals surface area contributed by atoms with Crippen molar-refractivity contribution >= 4 is 27.6 Å². The summed E-state index contributed by atoms with van der Waals surface area (Å²) in [5.74, 6) is -1.69. The molecule has 0 bridgehead atoms. The van der Waals surface area contributed by atoms with Crippen molar-refractivity contribution in [3.63, 3.8) is 0 Å². The molecule has 1 aromatic carbocycles. The zero-order valence-corrected chi connectivity index (χ0v) is 12.4. The van der Waals surface area contributed by atoms with Crippen LogP contribution in [-0.4, -0.2) is 25.5 Å². The van der Waals surface area contributed by atoms with E-state index in [0.29, 0.717) is 0 Å². The quantitative estimate of drug-likeness (QED) is 0.858. The van der Waals surface area contributed by atoms with Crippen LogP contribution >= 0.6 is 11.6 Å². The number of hydrogen-bond acceptors (Lipinski definition) is 4. The van der Waals surface area contributed by atoms with Crippen LogP contribution in [0, 0.1) is 17.2 Å². The molecule has 6 nitrogen and oxygen atoms in total. The maximum atomic E-state index is 12.1. The average Bonchev–Trinajstić information content (AvgIpc) is 2.35. The van der Waals surface area contributed by atoms with Gasteiger partial charge in [0, 0.05) is 0 Å². The van der Waals surface area contributed by atoms with Gasteiger partial charge in [-0.05, 0) is 24.1 Å². The number of nitriles is 1. The van der Waals surface area contributed by atoms with E-state index in [9.17, 15) is 13.2 Å². The lowest BCUT2D eigenvalue weighted by Gasteiger charge is -2.18. The lowest BCUT2D eigenvalue weighted by molar-refractivity contribution is -0.140. The molecule has 0 saturated heterocycles. The Kier molecular flexibility index (Phi) is 5.11. The summed E-state index contributed by atoms with van der Waals surface area (Å²) in [7, 11) is -4.04. The van der Waals surface area contributed by atoms with Gasteiger partial charge < -0.3 is 5.11 Å². The monoisotopic (exact) mass is 316 g/mol. The van der Waals surface area contributed by atoms with Gasteiger partial charge in [0.2, 0.25) is 10.0 Å². The summed E-state index contributed by atoms with van der Waals surface area (Å²) in [5.41, 5.74) is 0.00552. The number of nitrogens with zero attached hydrogens (tertiary/aromatic N) is 1. The van der Waals surface area contributed by atoms with E-state index in [0.717, 1.165) is 6.07 Å². The van der Waals surface area contributed by atoms with Crippen LogP contribution in [0.25, 0.3) is 0 Å². The predicted octanol–water partition coefficient (Wildman–Crippen LogP) is 1.60. The zero-order chi connectivity index (χ0) is 15.5. The van der Waals surface area contributed by atoms with Gasteiger partial charge in [-0.3, -0.25) is 4.79 Å². The van der Waals surface area contributed by atoms with Crippen molar-refractivity contribution in [2.45, 2.75) is 24.8 Å². The van der Waals surface area contributed by atoms with Crippen LogP contribution in [0.15, 0.2) is 23.1 Å². The Balaban J connectivity index is 3.18. The van der Waals surface area contributed by atoms with Crippen molar-refractivity contribution in [1.29, 1.82) is 5.26 Å². The summed E-state index contributed by atoms with van der Waals surface area (Å²) in [5, 5.41) is 18.0. The Hall–Kier alpha value is -1.62. The van der Waals surface area contributed by atoms with Crippen molar-refractivity contribution in [3.05, 3.63) is 28.8 Å². The lowest BCUT2D eigenvalue weighted by atomic mass is 10.1. The second-order valence-corrected chi connectivity index (χ2v) is 6.56. The van der Waals surface area contributed by atoms with Crippen molar-refractivity contribution in [1.82, 2.24) is 4.72 Å². The molecule has 8 heteroatoms. The number of benzene rings is 1. The van der Waals surface area contributed by atoms with E-state index >= 15 is 0 Å². The number of nitrogens with one attached hydrogen (secondary N) is 1. The summed E-state index contributed by atoms with van der Waals surface area (Å²) in [6.07, 6.45) is 0. The predicted molar refractivity (Wildman–Crippen MR) is 72.8 cm³/mol.